The first-order valence-corrected chi connectivity index (χ1v) is 12.7. The number of hydrogen-bond acceptors (Lipinski definition) is 7. The summed E-state index contributed by atoms with van der Waals surface area (Å²) >= 11 is 12.4. The average molecular weight is 548 g/mol. The molecule has 198 valence electrons. The Hall–Kier alpha value is -3.30. The number of ether oxygens (including phenoxy) is 1. The third kappa shape index (κ3) is 8.65. The van der Waals surface area contributed by atoms with E-state index in [-0.39, 0.29) is 42.4 Å². The molecule has 0 atom stereocenters. The molecule has 9 nitrogen and oxygen atoms in total. The van der Waals surface area contributed by atoms with E-state index in [4.69, 9.17) is 27.9 Å². The van der Waals surface area contributed by atoms with Gasteiger partial charge in [-0.2, -0.15) is 0 Å². The maximum atomic E-state index is 12.7. The van der Waals surface area contributed by atoms with E-state index in [2.05, 4.69) is 40.1 Å². The van der Waals surface area contributed by atoms with Gasteiger partial charge in [0.25, 0.3) is 5.91 Å². The number of guanidine groups is 1. The summed E-state index contributed by atoms with van der Waals surface area (Å²) in [6.07, 6.45) is 0.382. The van der Waals surface area contributed by atoms with Gasteiger partial charge in [0.1, 0.15) is 0 Å². The molecule has 0 saturated heterocycles. The molecule has 0 aliphatic carbocycles. The SMILES string of the molecule is CCOC(=O)CCc1cc(Cl)cc(Cl)c1NC(=O)CNC(=O)c1cccc(NC2=NCC(C)(C)CN2)c1. The van der Waals surface area contributed by atoms with Gasteiger partial charge in [-0.3, -0.25) is 19.4 Å². The second-order valence-electron chi connectivity index (χ2n) is 9.35. The van der Waals surface area contributed by atoms with Crippen LogP contribution in [0.1, 0.15) is 43.1 Å². The number of benzene rings is 2. The summed E-state index contributed by atoms with van der Waals surface area (Å²) < 4.78 is 4.96. The van der Waals surface area contributed by atoms with Crippen molar-refractivity contribution in [1.82, 2.24) is 10.6 Å². The Labute approximate surface area is 226 Å². The highest BCUT2D eigenvalue weighted by molar-refractivity contribution is 6.37. The topological polar surface area (TPSA) is 121 Å². The minimum atomic E-state index is -0.479. The molecule has 2 aromatic rings. The molecule has 0 bridgehead atoms. The van der Waals surface area contributed by atoms with Gasteiger partial charge in [-0.15, -0.1) is 0 Å². The van der Waals surface area contributed by atoms with Crippen molar-refractivity contribution < 1.29 is 19.1 Å². The first-order chi connectivity index (χ1) is 17.6. The maximum absolute atomic E-state index is 12.7. The second kappa shape index (κ2) is 12.8. The quantitative estimate of drug-likeness (QED) is 0.348. The van der Waals surface area contributed by atoms with Gasteiger partial charge in [-0.25, -0.2) is 0 Å². The van der Waals surface area contributed by atoms with E-state index in [9.17, 15) is 14.4 Å². The van der Waals surface area contributed by atoms with Crippen LogP contribution in [0.5, 0.6) is 0 Å². The fourth-order valence-corrected chi connectivity index (χ4v) is 4.15. The van der Waals surface area contributed by atoms with Gasteiger partial charge in [-0.05, 0) is 49.2 Å². The third-order valence-corrected chi connectivity index (χ3v) is 6.02. The Morgan fingerprint density at radius 3 is 2.65 bits per heavy atom. The number of nitrogens with zero attached hydrogens (tertiary/aromatic N) is 1. The van der Waals surface area contributed by atoms with E-state index >= 15 is 0 Å². The molecule has 37 heavy (non-hydrogen) atoms. The van der Waals surface area contributed by atoms with E-state index in [0.717, 1.165) is 6.54 Å². The van der Waals surface area contributed by atoms with E-state index in [1.54, 1.807) is 31.2 Å². The van der Waals surface area contributed by atoms with Crippen molar-refractivity contribution in [2.75, 3.05) is 36.9 Å². The summed E-state index contributed by atoms with van der Waals surface area (Å²) in [6.45, 7) is 7.47. The number of hydrogen-bond donors (Lipinski definition) is 4. The van der Waals surface area contributed by atoms with Crippen LogP contribution in [0.3, 0.4) is 0 Å². The first kappa shape index (κ1) is 28.3. The summed E-state index contributed by atoms with van der Waals surface area (Å²) in [6, 6.07) is 10.0. The molecule has 1 aliphatic rings. The molecule has 0 unspecified atom stereocenters. The van der Waals surface area contributed by atoms with Gasteiger partial charge in [0.05, 0.1) is 23.9 Å². The summed E-state index contributed by atoms with van der Waals surface area (Å²) in [5, 5.41) is 12.3. The Balaban J connectivity index is 1.59. The van der Waals surface area contributed by atoms with Crippen molar-refractivity contribution >= 4 is 58.3 Å². The summed E-state index contributed by atoms with van der Waals surface area (Å²) in [7, 11) is 0. The zero-order valence-corrected chi connectivity index (χ0v) is 22.6. The van der Waals surface area contributed by atoms with Crippen LogP contribution in [-0.2, 0) is 20.7 Å². The number of rotatable bonds is 9. The van der Waals surface area contributed by atoms with Crippen LogP contribution >= 0.6 is 23.2 Å². The van der Waals surface area contributed by atoms with Crippen LogP contribution < -0.4 is 21.3 Å². The number of aliphatic imine (C=N–C) groups is 1. The van der Waals surface area contributed by atoms with Crippen molar-refractivity contribution in [2.24, 2.45) is 10.4 Å². The number of nitrogens with one attached hydrogen (secondary N) is 4. The lowest BCUT2D eigenvalue weighted by molar-refractivity contribution is -0.143. The average Bonchev–Trinajstić information content (AvgIpc) is 2.84. The number of aryl methyl sites for hydroxylation is 1. The molecule has 1 aliphatic heterocycles. The summed E-state index contributed by atoms with van der Waals surface area (Å²) in [5.41, 5.74) is 2.10. The number of anilines is 2. The minimum Gasteiger partial charge on any atom is -0.466 e. The van der Waals surface area contributed by atoms with E-state index in [1.165, 1.54) is 6.07 Å². The third-order valence-electron chi connectivity index (χ3n) is 5.50. The first-order valence-electron chi connectivity index (χ1n) is 11.9. The Morgan fingerprint density at radius 2 is 1.95 bits per heavy atom. The second-order valence-corrected chi connectivity index (χ2v) is 10.2. The highest BCUT2D eigenvalue weighted by Gasteiger charge is 2.22. The molecule has 2 aromatic carbocycles. The van der Waals surface area contributed by atoms with Gasteiger partial charge in [0.15, 0.2) is 5.96 Å². The van der Waals surface area contributed by atoms with Crippen LogP contribution in [0, 0.1) is 5.41 Å². The summed E-state index contributed by atoms with van der Waals surface area (Å²) in [5.74, 6) is -0.610. The number of amides is 2. The lowest BCUT2D eigenvalue weighted by Crippen LogP contribution is -2.44. The Kier molecular flexibility index (Phi) is 9.77. The highest BCUT2D eigenvalue weighted by atomic mass is 35.5. The predicted octanol–water partition coefficient (Wildman–Crippen LogP) is 4.25. The fourth-order valence-electron chi connectivity index (χ4n) is 3.57. The number of esters is 1. The molecule has 0 spiro atoms. The molecule has 3 rings (SSSR count). The van der Waals surface area contributed by atoms with Crippen LogP contribution in [0.2, 0.25) is 10.0 Å². The van der Waals surface area contributed by atoms with Crippen molar-refractivity contribution in [2.45, 2.75) is 33.6 Å². The highest BCUT2D eigenvalue weighted by Crippen LogP contribution is 2.31. The lowest BCUT2D eigenvalue weighted by Gasteiger charge is -2.29. The monoisotopic (exact) mass is 547 g/mol. The van der Waals surface area contributed by atoms with Crippen LogP contribution in [0.4, 0.5) is 11.4 Å². The number of carbonyl (C=O) groups excluding carboxylic acids is 3. The molecule has 0 radical (unpaired) electrons. The number of carbonyl (C=O) groups is 3. The van der Waals surface area contributed by atoms with E-state index < -0.39 is 11.8 Å². The van der Waals surface area contributed by atoms with Crippen molar-refractivity contribution in [3.8, 4) is 0 Å². The van der Waals surface area contributed by atoms with Crippen molar-refractivity contribution in [1.29, 1.82) is 0 Å². The standard InChI is InChI=1S/C26H31Cl2N5O4/c1-4-37-22(35)9-8-16-10-18(27)12-20(28)23(16)33-21(34)13-29-24(36)17-6-5-7-19(11-17)32-25-30-14-26(2,3)15-31-25/h5-7,10-12H,4,8-9,13-15H2,1-3H3,(H,29,36)(H,33,34)(H2,30,31,32). The molecule has 0 aromatic heterocycles. The molecule has 2 amide bonds. The minimum absolute atomic E-state index is 0.0887. The number of halogens is 2. The van der Waals surface area contributed by atoms with Crippen LogP contribution in [0.15, 0.2) is 41.4 Å². The largest absolute Gasteiger partial charge is 0.466 e. The lowest BCUT2D eigenvalue weighted by atomic mass is 9.93. The van der Waals surface area contributed by atoms with E-state index in [0.29, 0.717) is 40.0 Å². The van der Waals surface area contributed by atoms with Gasteiger partial charge in [-0.1, -0.05) is 43.1 Å². The van der Waals surface area contributed by atoms with Gasteiger partial charge < -0.3 is 26.0 Å². The van der Waals surface area contributed by atoms with Gasteiger partial charge >= 0.3 is 5.97 Å². The maximum Gasteiger partial charge on any atom is 0.306 e. The zero-order chi connectivity index (χ0) is 27.0. The molecule has 0 saturated carbocycles. The predicted molar refractivity (Wildman–Crippen MR) is 147 cm³/mol. The molecule has 1 heterocycles. The zero-order valence-electron chi connectivity index (χ0n) is 21.0. The van der Waals surface area contributed by atoms with E-state index in [1.807, 2.05) is 6.07 Å². The van der Waals surface area contributed by atoms with Gasteiger partial charge in [0.2, 0.25) is 5.91 Å². The Morgan fingerprint density at radius 1 is 1.16 bits per heavy atom. The molecule has 4 N–H and O–H groups in total. The normalized spacial score (nSPS) is 14.1. The molecular formula is C26H31Cl2N5O4. The van der Waals surface area contributed by atoms with Crippen LogP contribution in [-0.4, -0.2) is 50.0 Å². The van der Waals surface area contributed by atoms with Crippen molar-refractivity contribution in [3.63, 3.8) is 0 Å². The molecule has 0 fully saturated rings. The summed E-state index contributed by atoms with van der Waals surface area (Å²) in [4.78, 5) is 41.6. The fraction of sp³-hybridized carbons (Fsp3) is 0.385. The molecule has 11 heteroatoms. The molecular weight excluding hydrogens is 517 g/mol. The van der Waals surface area contributed by atoms with Crippen molar-refractivity contribution in [3.05, 3.63) is 57.6 Å². The Bertz CT molecular complexity index is 1200. The van der Waals surface area contributed by atoms with Crippen LogP contribution in [0.25, 0.3) is 0 Å². The van der Waals surface area contributed by atoms with Gasteiger partial charge in [0, 0.05) is 41.2 Å². The smallest absolute Gasteiger partial charge is 0.306 e.